The van der Waals surface area contributed by atoms with E-state index < -0.39 is 0 Å². The van der Waals surface area contributed by atoms with Crippen LogP contribution in [0.5, 0.6) is 5.75 Å². The van der Waals surface area contributed by atoms with Gasteiger partial charge in [-0.1, -0.05) is 39.3 Å². The van der Waals surface area contributed by atoms with Crippen molar-refractivity contribution in [3.05, 3.63) is 11.5 Å². The fourth-order valence-corrected chi connectivity index (χ4v) is 3.99. The van der Waals surface area contributed by atoms with Crippen molar-refractivity contribution >= 4 is 17.4 Å². The quantitative estimate of drug-likeness (QED) is 0.851. The van der Waals surface area contributed by atoms with Crippen molar-refractivity contribution < 1.29 is 4.74 Å². The first-order valence-corrected chi connectivity index (χ1v) is 7.41. The summed E-state index contributed by atoms with van der Waals surface area (Å²) >= 11 is 6.04. The van der Waals surface area contributed by atoms with Crippen LogP contribution in [0.1, 0.15) is 47.0 Å². The van der Waals surface area contributed by atoms with Crippen LogP contribution in [0.15, 0.2) is 6.33 Å². The minimum Gasteiger partial charge on any atom is -0.490 e. The monoisotopic (exact) mass is 297 g/mol. The lowest BCUT2D eigenvalue weighted by atomic mass is 9.63. The molecule has 0 spiro atoms. The van der Waals surface area contributed by atoms with E-state index >= 15 is 0 Å². The van der Waals surface area contributed by atoms with E-state index in [1.165, 1.54) is 12.7 Å². The van der Waals surface area contributed by atoms with E-state index in [1.54, 1.807) is 7.11 Å². The molecule has 1 aromatic rings. The van der Waals surface area contributed by atoms with Crippen molar-refractivity contribution in [2.45, 2.75) is 53.0 Å². The van der Waals surface area contributed by atoms with Crippen LogP contribution in [-0.2, 0) is 0 Å². The molecule has 0 amide bonds. The molecule has 1 aliphatic carbocycles. The number of rotatable bonds is 3. The molecule has 1 saturated carbocycles. The maximum Gasteiger partial charge on any atom is 0.198 e. The molecule has 2 rings (SSSR count). The van der Waals surface area contributed by atoms with Gasteiger partial charge >= 0.3 is 0 Å². The zero-order valence-electron chi connectivity index (χ0n) is 13.0. The molecule has 5 heteroatoms. The number of hydrogen-bond donors (Lipinski definition) is 1. The van der Waals surface area contributed by atoms with Crippen molar-refractivity contribution in [1.82, 2.24) is 9.97 Å². The molecule has 0 unspecified atom stereocenters. The van der Waals surface area contributed by atoms with Gasteiger partial charge in [-0.3, -0.25) is 0 Å². The Kier molecular flexibility index (Phi) is 4.14. The fourth-order valence-electron chi connectivity index (χ4n) is 3.78. The predicted molar refractivity (Wildman–Crippen MR) is 82.4 cm³/mol. The van der Waals surface area contributed by atoms with Crippen molar-refractivity contribution in [2.24, 2.45) is 10.8 Å². The molecule has 0 aliphatic heterocycles. The lowest BCUT2D eigenvalue weighted by Crippen LogP contribution is -2.40. The number of aromatic nitrogens is 2. The van der Waals surface area contributed by atoms with Crippen LogP contribution >= 0.6 is 11.6 Å². The van der Waals surface area contributed by atoms with Gasteiger partial charge in [-0.25, -0.2) is 9.97 Å². The molecule has 1 N–H and O–H groups in total. The third kappa shape index (κ3) is 3.54. The van der Waals surface area contributed by atoms with Crippen molar-refractivity contribution in [3.8, 4) is 5.75 Å². The molecule has 112 valence electrons. The summed E-state index contributed by atoms with van der Waals surface area (Å²) in [6.45, 7) is 9.30. The first kappa shape index (κ1) is 15.4. The highest BCUT2D eigenvalue weighted by molar-refractivity contribution is 6.31. The molecule has 0 atom stereocenters. The molecule has 20 heavy (non-hydrogen) atoms. The highest BCUT2D eigenvalue weighted by Gasteiger charge is 2.38. The second kappa shape index (κ2) is 5.40. The maximum atomic E-state index is 6.04. The Hall–Kier alpha value is -1.03. The molecular formula is C15H24ClN3O. The number of ether oxygens (including phenoxy) is 1. The van der Waals surface area contributed by atoms with Crippen molar-refractivity contribution in [3.63, 3.8) is 0 Å². The standard InChI is InChI=1S/C15H24ClN3O/c1-14(2)6-10(7-15(3,4)8-14)19-13-11(20-5)12(16)17-9-18-13/h9-10H,6-8H2,1-5H3,(H,17,18,19). The van der Waals surface area contributed by atoms with Gasteiger partial charge in [0.05, 0.1) is 7.11 Å². The summed E-state index contributed by atoms with van der Waals surface area (Å²) in [6, 6.07) is 0.369. The summed E-state index contributed by atoms with van der Waals surface area (Å²) in [7, 11) is 1.59. The van der Waals surface area contributed by atoms with Gasteiger partial charge in [0.25, 0.3) is 0 Å². The Labute approximate surface area is 126 Å². The lowest BCUT2D eigenvalue weighted by molar-refractivity contribution is 0.105. The van der Waals surface area contributed by atoms with Crippen LogP contribution in [0, 0.1) is 10.8 Å². The molecule has 1 aliphatic rings. The topological polar surface area (TPSA) is 47.0 Å². The Balaban J connectivity index is 2.20. The van der Waals surface area contributed by atoms with Crippen molar-refractivity contribution in [2.75, 3.05) is 12.4 Å². The summed E-state index contributed by atoms with van der Waals surface area (Å²) in [5.74, 6) is 1.21. The molecular weight excluding hydrogens is 274 g/mol. The third-order valence-electron chi connectivity index (χ3n) is 3.86. The van der Waals surface area contributed by atoms with E-state index in [0.717, 1.165) is 12.8 Å². The number of methoxy groups -OCH3 is 1. The largest absolute Gasteiger partial charge is 0.490 e. The van der Waals surface area contributed by atoms with E-state index in [1.807, 2.05) is 0 Å². The molecule has 0 radical (unpaired) electrons. The van der Waals surface area contributed by atoms with E-state index in [0.29, 0.717) is 33.6 Å². The number of hydrogen-bond acceptors (Lipinski definition) is 4. The molecule has 0 aromatic carbocycles. The summed E-state index contributed by atoms with van der Waals surface area (Å²) < 4.78 is 5.30. The van der Waals surface area contributed by atoms with Crippen LogP contribution in [0.3, 0.4) is 0 Å². The minimum atomic E-state index is 0.323. The zero-order valence-corrected chi connectivity index (χ0v) is 13.7. The van der Waals surface area contributed by atoms with Gasteiger partial charge in [-0.2, -0.15) is 0 Å². The molecule has 4 nitrogen and oxygen atoms in total. The second-order valence-electron chi connectivity index (χ2n) is 7.30. The number of nitrogens with zero attached hydrogens (tertiary/aromatic N) is 2. The van der Waals surface area contributed by atoms with Crippen LogP contribution in [0.2, 0.25) is 5.15 Å². The van der Waals surface area contributed by atoms with Gasteiger partial charge in [0.15, 0.2) is 16.7 Å². The van der Waals surface area contributed by atoms with Crippen LogP contribution < -0.4 is 10.1 Å². The predicted octanol–water partition coefficient (Wildman–Crippen LogP) is 4.16. The molecule has 0 bridgehead atoms. The van der Waals surface area contributed by atoms with E-state index in [4.69, 9.17) is 16.3 Å². The Bertz CT molecular complexity index is 472. The Morgan fingerprint density at radius 2 is 1.80 bits per heavy atom. The number of nitrogens with one attached hydrogen (secondary N) is 1. The van der Waals surface area contributed by atoms with Gasteiger partial charge in [-0.15, -0.1) is 0 Å². The SMILES string of the molecule is COc1c(Cl)ncnc1NC1CC(C)(C)CC(C)(C)C1. The van der Waals surface area contributed by atoms with Crippen molar-refractivity contribution in [1.29, 1.82) is 0 Å². The highest BCUT2D eigenvalue weighted by atomic mass is 35.5. The first-order valence-electron chi connectivity index (χ1n) is 7.03. The lowest BCUT2D eigenvalue weighted by Gasteiger charge is -2.45. The number of halogens is 1. The second-order valence-corrected chi connectivity index (χ2v) is 7.66. The van der Waals surface area contributed by atoms with Gasteiger partial charge in [-0.05, 0) is 30.1 Å². The van der Waals surface area contributed by atoms with E-state index in [-0.39, 0.29) is 0 Å². The normalized spacial score (nSPS) is 21.5. The molecule has 1 heterocycles. The Morgan fingerprint density at radius 1 is 1.20 bits per heavy atom. The summed E-state index contributed by atoms with van der Waals surface area (Å²) in [5, 5.41) is 3.84. The summed E-state index contributed by atoms with van der Waals surface area (Å²) in [4.78, 5) is 8.22. The summed E-state index contributed by atoms with van der Waals surface area (Å²) in [6.07, 6.45) is 4.93. The number of anilines is 1. The van der Waals surface area contributed by atoms with Crippen LogP contribution in [0.4, 0.5) is 5.82 Å². The molecule has 0 saturated heterocycles. The smallest absolute Gasteiger partial charge is 0.198 e. The van der Waals surface area contributed by atoms with E-state index in [2.05, 4.69) is 43.0 Å². The van der Waals surface area contributed by atoms with Gasteiger partial charge in [0.1, 0.15) is 6.33 Å². The average Bonchev–Trinajstić information content (AvgIpc) is 2.24. The third-order valence-corrected chi connectivity index (χ3v) is 4.13. The first-order chi connectivity index (χ1) is 9.22. The fraction of sp³-hybridized carbons (Fsp3) is 0.733. The molecule has 1 aromatic heterocycles. The van der Waals surface area contributed by atoms with Crippen LogP contribution in [-0.4, -0.2) is 23.1 Å². The highest BCUT2D eigenvalue weighted by Crippen LogP contribution is 2.46. The zero-order chi connectivity index (χ0) is 15.0. The van der Waals surface area contributed by atoms with Gasteiger partial charge in [0, 0.05) is 6.04 Å². The average molecular weight is 298 g/mol. The van der Waals surface area contributed by atoms with E-state index in [9.17, 15) is 0 Å². The van der Waals surface area contributed by atoms with Gasteiger partial charge < -0.3 is 10.1 Å². The maximum absolute atomic E-state index is 6.04. The minimum absolute atomic E-state index is 0.323. The Morgan fingerprint density at radius 3 is 2.35 bits per heavy atom. The summed E-state index contributed by atoms with van der Waals surface area (Å²) in [5.41, 5.74) is 0.646. The van der Waals surface area contributed by atoms with Crippen LogP contribution in [0.25, 0.3) is 0 Å². The van der Waals surface area contributed by atoms with Gasteiger partial charge in [0.2, 0.25) is 0 Å². The molecule has 1 fully saturated rings.